The van der Waals surface area contributed by atoms with Crippen LogP contribution in [-0.2, 0) is 19.4 Å². The number of aromatic nitrogens is 1. The number of hydrogen-bond acceptors (Lipinski definition) is 3. The average molecular weight is 229 g/mol. The molecule has 1 aliphatic rings. The summed E-state index contributed by atoms with van der Waals surface area (Å²) in [5.41, 5.74) is 3.65. The van der Waals surface area contributed by atoms with E-state index in [1.54, 1.807) is 6.26 Å². The number of benzene rings is 1. The van der Waals surface area contributed by atoms with Crippen molar-refractivity contribution in [2.45, 2.75) is 32.3 Å². The van der Waals surface area contributed by atoms with Gasteiger partial charge in [-0.05, 0) is 42.9 Å². The predicted molar refractivity (Wildman–Crippen MR) is 63.9 cm³/mol. The molecule has 0 fully saturated rings. The van der Waals surface area contributed by atoms with Crippen LogP contribution in [0.4, 0.5) is 0 Å². The zero-order chi connectivity index (χ0) is 11.5. The van der Waals surface area contributed by atoms with Gasteiger partial charge in [0.1, 0.15) is 24.3 Å². The Kier molecular flexibility index (Phi) is 2.82. The SMILES string of the molecule is c1cc2c(c(OCc3ccon3)c1)CCCC2. The molecule has 0 saturated carbocycles. The van der Waals surface area contributed by atoms with Crippen molar-refractivity contribution < 1.29 is 9.26 Å². The standard InChI is InChI=1S/C14H15NO2/c1-2-6-13-11(4-1)5-3-7-14(13)16-10-12-8-9-17-15-12/h3,5,7-9H,1-2,4,6,10H2. The Morgan fingerprint density at radius 1 is 1.18 bits per heavy atom. The molecular weight excluding hydrogens is 214 g/mol. The van der Waals surface area contributed by atoms with Gasteiger partial charge in [-0.1, -0.05) is 17.3 Å². The molecule has 0 atom stereocenters. The number of fused-ring (bicyclic) bond motifs is 1. The molecular formula is C14H15NO2. The van der Waals surface area contributed by atoms with Gasteiger partial charge < -0.3 is 9.26 Å². The van der Waals surface area contributed by atoms with Crippen molar-refractivity contribution in [3.63, 3.8) is 0 Å². The number of nitrogens with zero attached hydrogens (tertiary/aromatic N) is 1. The molecule has 0 amide bonds. The first-order chi connectivity index (χ1) is 8.43. The van der Waals surface area contributed by atoms with E-state index in [0.29, 0.717) is 6.61 Å². The van der Waals surface area contributed by atoms with Crippen LogP contribution in [0.3, 0.4) is 0 Å². The molecule has 1 aliphatic carbocycles. The van der Waals surface area contributed by atoms with Gasteiger partial charge in [-0.3, -0.25) is 0 Å². The maximum atomic E-state index is 5.83. The predicted octanol–water partition coefficient (Wildman–Crippen LogP) is 3.13. The zero-order valence-electron chi connectivity index (χ0n) is 9.69. The highest BCUT2D eigenvalue weighted by Gasteiger charge is 2.13. The quantitative estimate of drug-likeness (QED) is 0.811. The summed E-state index contributed by atoms with van der Waals surface area (Å²) in [5, 5.41) is 3.84. The Labute approximate surface area is 100 Å². The summed E-state index contributed by atoms with van der Waals surface area (Å²) < 4.78 is 10.6. The van der Waals surface area contributed by atoms with Gasteiger partial charge in [0, 0.05) is 6.07 Å². The van der Waals surface area contributed by atoms with E-state index < -0.39 is 0 Å². The molecule has 0 bridgehead atoms. The third-order valence-electron chi connectivity index (χ3n) is 3.22. The van der Waals surface area contributed by atoms with Crippen LogP contribution in [0.25, 0.3) is 0 Å². The second-order valence-electron chi connectivity index (χ2n) is 4.38. The Morgan fingerprint density at radius 3 is 3.00 bits per heavy atom. The highest BCUT2D eigenvalue weighted by Crippen LogP contribution is 2.29. The minimum Gasteiger partial charge on any atom is -0.487 e. The molecule has 17 heavy (non-hydrogen) atoms. The first-order valence-electron chi connectivity index (χ1n) is 6.06. The summed E-state index contributed by atoms with van der Waals surface area (Å²) in [4.78, 5) is 0. The first kappa shape index (κ1) is 10.4. The summed E-state index contributed by atoms with van der Waals surface area (Å²) >= 11 is 0. The van der Waals surface area contributed by atoms with Crippen LogP contribution >= 0.6 is 0 Å². The van der Waals surface area contributed by atoms with Crippen LogP contribution in [0, 0.1) is 0 Å². The van der Waals surface area contributed by atoms with Crippen LogP contribution < -0.4 is 4.74 Å². The molecule has 1 heterocycles. The molecule has 3 rings (SSSR count). The molecule has 1 aromatic heterocycles. The Balaban J connectivity index is 1.78. The van der Waals surface area contributed by atoms with Gasteiger partial charge in [0.25, 0.3) is 0 Å². The maximum Gasteiger partial charge on any atom is 0.134 e. The minimum atomic E-state index is 0.479. The van der Waals surface area contributed by atoms with Crippen LogP contribution in [0.5, 0.6) is 5.75 Å². The first-order valence-corrected chi connectivity index (χ1v) is 6.06. The Hall–Kier alpha value is -1.77. The molecule has 0 radical (unpaired) electrons. The van der Waals surface area contributed by atoms with Gasteiger partial charge in [0.2, 0.25) is 0 Å². The fourth-order valence-corrected chi connectivity index (χ4v) is 2.35. The van der Waals surface area contributed by atoms with E-state index in [4.69, 9.17) is 9.26 Å². The van der Waals surface area contributed by atoms with Crippen molar-refractivity contribution in [3.05, 3.63) is 47.3 Å². The van der Waals surface area contributed by atoms with Crippen LogP contribution in [0.15, 0.2) is 35.1 Å². The lowest BCUT2D eigenvalue weighted by atomic mass is 9.91. The lowest BCUT2D eigenvalue weighted by Crippen LogP contribution is -2.06. The fraction of sp³-hybridized carbons (Fsp3) is 0.357. The van der Waals surface area contributed by atoms with E-state index in [1.165, 1.54) is 30.4 Å². The van der Waals surface area contributed by atoms with Crippen LogP contribution in [0.2, 0.25) is 0 Å². The maximum absolute atomic E-state index is 5.83. The average Bonchev–Trinajstić information content (AvgIpc) is 2.89. The molecule has 2 aromatic rings. The van der Waals surface area contributed by atoms with Gasteiger partial charge in [-0.15, -0.1) is 0 Å². The van der Waals surface area contributed by atoms with Crippen molar-refractivity contribution >= 4 is 0 Å². The van der Waals surface area contributed by atoms with E-state index in [1.807, 2.05) is 12.1 Å². The molecule has 0 unspecified atom stereocenters. The number of aryl methyl sites for hydroxylation is 1. The van der Waals surface area contributed by atoms with Gasteiger partial charge in [-0.2, -0.15) is 0 Å². The molecule has 3 heteroatoms. The van der Waals surface area contributed by atoms with Gasteiger partial charge >= 0.3 is 0 Å². The van der Waals surface area contributed by atoms with Crippen molar-refractivity contribution in [1.82, 2.24) is 5.16 Å². The highest BCUT2D eigenvalue weighted by atomic mass is 16.5. The fourth-order valence-electron chi connectivity index (χ4n) is 2.35. The second kappa shape index (κ2) is 4.62. The minimum absolute atomic E-state index is 0.479. The molecule has 0 spiro atoms. The molecule has 0 N–H and O–H groups in total. The lowest BCUT2D eigenvalue weighted by molar-refractivity contribution is 0.285. The second-order valence-corrected chi connectivity index (χ2v) is 4.38. The van der Waals surface area contributed by atoms with Gasteiger partial charge in [-0.25, -0.2) is 0 Å². The van der Waals surface area contributed by atoms with Crippen molar-refractivity contribution in [2.24, 2.45) is 0 Å². The summed E-state index contributed by atoms with van der Waals surface area (Å²) in [5.74, 6) is 1.00. The lowest BCUT2D eigenvalue weighted by Gasteiger charge is -2.19. The summed E-state index contributed by atoms with van der Waals surface area (Å²) in [6, 6.07) is 8.15. The van der Waals surface area contributed by atoms with Crippen molar-refractivity contribution in [2.75, 3.05) is 0 Å². The topological polar surface area (TPSA) is 35.3 Å². The van der Waals surface area contributed by atoms with E-state index >= 15 is 0 Å². The van der Waals surface area contributed by atoms with E-state index in [2.05, 4.69) is 17.3 Å². The number of ether oxygens (including phenoxy) is 1. The summed E-state index contributed by atoms with van der Waals surface area (Å²) in [6.45, 7) is 0.479. The Bertz CT molecular complexity index is 491. The van der Waals surface area contributed by atoms with Crippen LogP contribution in [-0.4, -0.2) is 5.16 Å². The third kappa shape index (κ3) is 2.18. The smallest absolute Gasteiger partial charge is 0.134 e. The van der Waals surface area contributed by atoms with Gasteiger partial charge in [0.15, 0.2) is 0 Å². The molecule has 88 valence electrons. The number of rotatable bonds is 3. The summed E-state index contributed by atoms with van der Waals surface area (Å²) in [6.07, 6.45) is 6.43. The molecule has 1 aromatic carbocycles. The highest BCUT2D eigenvalue weighted by molar-refractivity contribution is 5.41. The monoisotopic (exact) mass is 229 g/mol. The van der Waals surface area contributed by atoms with Crippen molar-refractivity contribution in [3.8, 4) is 5.75 Å². The van der Waals surface area contributed by atoms with Crippen LogP contribution in [0.1, 0.15) is 29.7 Å². The van der Waals surface area contributed by atoms with Gasteiger partial charge in [0.05, 0.1) is 0 Å². The number of hydrogen-bond donors (Lipinski definition) is 0. The largest absolute Gasteiger partial charge is 0.487 e. The molecule has 3 nitrogen and oxygen atoms in total. The zero-order valence-corrected chi connectivity index (χ0v) is 9.69. The summed E-state index contributed by atoms with van der Waals surface area (Å²) in [7, 11) is 0. The van der Waals surface area contributed by atoms with E-state index in [0.717, 1.165) is 17.9 Å². The molecule has 0 aliphatic heterocycles. The normalized spacial score (nSPS) is 14.4. The Morgan fingerprint density at radius 2 is 2.12 bits per heavy atom. The van der Waals surface area contributed by atoms with Crippen molar-refractivity contribution in [1.29, 1.82) is 0 Å². The third-order valence-corrected chi connectivity index (χ3v) is 3.22. The van der Waals surface area contributed by atoms with E-state index in [9.17, 15) is 0 Å². The molecule has 0 saturated heterocycles. The van der Waals surface area contributed by atoms with E-state index in [-0.39, 0.29) is 0 Å².